The summed E-state index contributed by atoms with van der Waals surface area (Å²) in [7, 11) is 1.87. The third-order valence-corrected chi connectivity index (χ3v) is 3.18. The first-order valence-electron chi connectivity index (χ1n) is 6.01. The molecule has 19 heavy (non-hydrogen) atoms. The number of aryl methyl sites for hydroxylation is 2. The molecule has 0 spiro atoms. The fraction of sp³-hybridized carbons (Fsp3) is 0.308. The van der Waals surface area contributed by atoms with Gasteiger partial charge in [-0.15, -0.1) is 0 Å². The van der Waals surface area contributed by atoms with E-state index in [0.29, 0.717) is 17.9 Å². The van der Waals surface area contributed by atoms with Crippen molar-refractivity contribution < 1.29 is 4.39 Å². The van der Waals surface area contributed by atoms with E-state index in [0.717, 1.165) is 17.7 Å². The smallest absolute Gasteiger partial charge is 0.143 e. The molecule has 2 aromatic rings. The van der Waals surface area contributed by atoms with Crippen LogP contribution in [0.5, 0.6) is 0 Å². The predicted molar refractivity (Wildman–Crippen MR) is 75.7 cm³/mol. The Morgan fingerprint density at radius 1 is 1.47 bits per heavy atom. The molecule has 1 heterocycles. The molecule has 0 aliphatic carbocycles. The van der Waals surface area contributed by atoms with E-state index < -0.39 is 5.82 Å². The van der Waals surface area contributed by atoms with Crippen LogP contribution in [0.1, 0.15) is 18.2 Å². The highest BCUT2D eigenvalue weighted by Gasteiger charge is 2.09. The SMILES string of the molecule is CCc1nn(C)cc1CNc1cc(F)c(Cl)cc1N. The maximum atomic E-state index is 13.4. The molecule has 6 heteroatoms. The standard InChI is InChI=1S/C13H16ClFN4/c1-3-12-8(7-19(2)18-12)6-17-13-5-10(15)9(14)4-11(13)16/h4-5,7,17H,3,6,16H2,1-2H3. The number of nitrogen functional groups attached to an aromatic ring is 1. The highest BCUT2D eigenvalue weighted by Crippen LogP contribution is 2.26. The van der Waals surface area contributed by atoms with Crippen LogP contribution in [0.15, 0.2) is 18.3 Å². The molecule has 0 unspecified atom stereocenters. The van der Waals surface area contributed by atoms with Gasteiger partial charge in [0.05, 0.1) is 22.1 Å². The molecule has 0 atom stereocenters. The van der Waals surface area contributed by atoms with Crippen LogP contribution in [0.25, 0.3) is 0 Å². The Morgan fingerprint density at radius 3 is 2.89 bits per heavy atom. The Bertz CT molecular complexity index is 595. The van der Waals surface area contributed by atoms with Gasteiger partial charge in [-0.25, -0.2) is 4.39 Å². The average Bonchev–Trinajstić information content (AvgIpc) is 2.72. The number of hydrogen-bond donors (Lipinski definition) is 2. The molecule has 0 amide bonds. The zero-order valence-electron chi connectivity index (χ0n) is 10.9. The van der Waals surface area contributed by atoms with Gasteiger partial charge < -0.3 is 11.1 Å². The molecular weight excluding hydrogens is 267 g/mol. The Hall–Kier alpha value is -1.75. The molecule has 0 fully saturated rings. The molecule has 0 aliphatic heterocycles. The second kappa shape index (κ2) is 5.48. The number of nitrogens with one attached hydrogen (secondary N) is 1. The van der Waals surface area contributed by atoms with Crippen LogP contribution < -0.4 is 11.1 Å². The van der Waals surface area contributed by atoms with E-state index in [2.05, 4.69) is 10.4 Å². The van der Waals surface area contributed by atoms with Crippen molar-refractivity contribution in [1.29, 1.82) is 0 Å². The van der Waals surface area contributed by atoms with E-state index in [-0.39, 0.29) is 5.02 Å². The maximum absolute atomic E-state index is 13.4. The molecular formula is C13H16ClFN4. The minimum absolute atomic E-state index is 0.0266. The van der Waals surface area contributed by atoms with Crippen molar-refractivity contribution in [3.8, 4) is 0 Å². The van der Waals surface area contributed by atoms with Gasteiger partial charge in [-0.05, 0) is 12.5 Å². The molecule has 1 aromatic carbocycles. The summed E-state index contributed by atoms with van der Waals surface area (Å²) in [5, 5.41) is 7.48. The van der Waals surface area contributed by atoms with E-state index in [4.69, 9.17) is 17.3 Å². The fourth-order valence-corrected chi connectivity index (χ4v) is 2.11. The van der Waals surface area contributed by atoms with Gasteiger partial charge in [0.1, 0.15) is 5.82 Å². The summed E-state index contributed by atoms with van der Waals surface area (Å²) < 4.78 is 15.2. The molecule has 0 bridgehead atoms. The van der Waals surface area contributed by atoms with Gasteiger partial charge >= 0.3 is 0 Å². The number of anilines is 2. The van der Waals surface area contributed by atoms with Gasteiger partial charge in [0, 0.05) is 31.4 Å². The van der Waals surface area contributed by atoms with E-state index in [1.807, 2.05) is 20.2 Å². The van der Waals surface area contributed by atoms with Crippen LogP contribution in [0, 0.1) is 5.82 Å². The number of rotatable bonds is 4. The second-order valence-corrected chi connectivity index (χ2v) is 4.74. The lowest BCUT2D eigenvalue weighted by Crippen LogP contribution is -2.04. The fourth-order valence-electron chi connectivity index (χ4n) is 1.93. The second-order valence-electron chi connectivity index (χ2n) is 4.34. The van der Waals surface area contributed by atoms with E-state index in [1.54, 1.807) is 4.68 Å². The molecule has 102 valence electrons. The zero-order chi connectivity index (χ0) is 14.0. The number of hydrogen-bond acceptors (Lipinski definition) is 3. The summed E-state index contributed by atoms with van der Waals surface area (Å²) in [4.78, 5) is 0. The Morgan fingerprint density at radius 2 is 2.21 bits per heavy atom. The highest BCUT2D eigenvalue weighted by molar-refractivity contribution is 6.31. The van der Waals surface area contributed by atoms with Crippen LogP contribution in [0.4, 0.5) is 15.8 Å². The van der Waals surface area contributed by atoms with Gasteiger partial charge in [0.25, 0.3) is 0 Å². The minimum atomic E-state index is -0.486. The highest BCUT2D eigenvalue weighted by atomic mass is 35.5. The van der Waals surface area contributed by atoms with Crippen molar-refractivity contribution in [3.05, 3.63) is 40.4 Å². The summed E-state index contributed by atoms with van der Waals surface area (Å²) in [6.07, 6.45) is 2.79. The largest absolute Gasteiger partial charge is 0.397 e. The molecule has 1 aromatic heterocycles. The van der Waals surface area contributed by atoms with Gasteiger partial charge in [0.15, 0.2) is 0 Å². The third kappa shape index (κ3) is 2.98. The first-order chi connectivity index (χ1) is 9.01. The lowest BCUT2D eigenvalue weighted by atomic mass is 10.2. The van der Waals surface area contributed by atoms with E-state index in [1.165, 1.54) is 12.1 Å². The monoisotopic (exact) mass is 282 g/mol. The molecule has 3 N–H and O–H groups in total. The molecule has 2 rings (SSSR count). The summed E-state index contributed by atoms with van der Waals surface area (Å²) in [6.45, 7) is 2.59. The van der Waals surface area contributed by atoms with E-state index >= 15 is 0 Å². The van der Waals surface area contributed by atoms with Crippen molar-refractivity contribution in [2.75, 3.05) is 11.1 Å². The summed E-state index contributed by atoms with van der Waals surface area (Å²) >= 11 is 5.66. The number of nitrogens with two attached hydrogens (primary N) is 1. The van der Waals surface area contributed by atoms with Crippen molar-refractivity contribution in [2.24, 2.45) is 7.05 Å². The predicted octanol–water partition coefficient (Wildman–Crippen LogP) is 2.97. The summed E-state index contributed by atoms with van der Waals surface area (Å²) in [5.74, 6) is -0.486. The Kier molecular flexibility index (Phi) is 3.95. The number of halogens is 2. The van der Waals surface area contributed by atoms with Crippen molar-refractivity contribution >= 4 is 23.0 Å². The first-order valence-corrected chi connectivity index (χ1v) is 6.38. The maximum Gasteiger partial charge on any atom is 0.143 e. The number of aromatic nitrogens is 2. The average molecular weight is 283 g/mol. The van der Waals surface area contributed by atoms with Crippen molar-refractivity contribution in [1.82, 2.24) is 9.78 Å². The number of nitrogens with zero attached hydrogens (tertiary/aromatic N) is 2. The van der Waals surface area contributed by atoms with Crippen LogP contribution >= 0.6 is 11.6 Å². The van der Waals surface area contributed by atoms with Gasteiger partial charge in [-0.2, -0.15) is 5.10 Å². The third-order valence-electron chi connectivity index (χ3n) is 2.89. The number of benzene rings is 1. The molecule has 0 aliphatic rings. The zero-order valence-corrected chi connectivity index (χ0v) is 11.6. The molecule has 0 saturated heterocycles. The molecule has 4 nitrogen and oxygen atoms in total. The molecule has 0 saturated carbocycles. The summed E-state index contributed by atoms with van der Waals surface area (Å²) in [6, 6.07) is 2.71. The molecule has 0 radical (unpaired) electrons. The van der Waals surface area contributed by atoms with Gasteiger partial charge in [0.2, 0.25) is 0 Å². The van der Waals surface area contributed by atoms with Crippen molar-refractivity contribution in [3.63, 3.8) is 0 Å². The van der Waals surface area contributed by atoms with Crippen molar-refractivity contribution in [2.45, 2.75) is 19.9 Å². The Balaban J connectivity index is 2.16. The summed E-state index contributed by atoms with van der Waals surface area (Å²) in [5.41, 5.74) is 8.84. The van der Waals surface area contributed by atoms with Gasteiger partial charge in [-0.3, -0.25) is 4.68 Å². The van der Waals surface area contributed by atoms with Gasteiger partial charge in [-0.1, -0.05) is 18.5 Å². The van der Waals surface area contributed by atoms with Crippen LogP contribution in [0.2, 0.25) is 5.02 Å². The Labute approximate surface area is 116 Å². The van der Waals surface area contributed by atoms with Crippen LogP contribution in [-0.2, 0) is 20.0 Å². The first kappa shape index (κ1) is 13.7. The normalized spacial score (nSPS) is 10.7. The van der Waals surface area contributed by atoms with E-state index in [9.17, 15) is 4.39 Å². The van der Waals surface area contributed by atoms with Crippen LogP contribution in [-0.4, -0.2) is 9.78 Å². The quantitative estimate of drug-likeness (QED) is 0.848. The minimum Gasteiger partial charge on any atom is -0.397 e. The lowest BCUT2D eigenvalue weighted by molar-refractivity contribution is 0.629. The lowest BCUT2D eigenvalue weighted by Gasteiger charge is -2.10. The van der Waals surface area contributed by atoms with Crippen LogP contribution in [0.3, 0.4) is 0 Å². The topological polar surface area (TPSA) is 55.9 Å².